The van der Waals surface area contributed by atoms with Crippen LogP contribution in [0.1, 0.15) is 17.5 Å². The number of aromatic nitrogens is 3. The van der Waals surface area contributed by atoms with Crippen molar-refractivity contribution in [1.82, 2.24) is 19.9 Å². The summed E-state index contributed by atoms with van der Waals surface area (Å²) in [5.74, 6) is 0.542. The van der Waals surface area contributed by atoms with Crippen LogP contribution in [-0.2, 0) is 0 Å². The SMILES string of the molecule is CCNC(=S)Nc1nc2sc(C)c(C)n2n1. The quantitative estimate of drug-likeness (QED) is 0.800. The van der Waals surface area contributed by atoms with E-state index in [0.717, 1.165) is 17.2 Å². The van der Waals surface area contributed by atoms with Crippen molar-refractivity contribution < 1.29 is 0 Å². The Balaban J connectivity index is 2.24. The minimum absolute atomic E-state index is 0.542. The summed E-state index contributed by atoms with van der Waals surface area (Å²) in [5, 5.41) is 10.8. The highest BCUT2D eigenvalue weighted by atomic mass is 32.1. The summed E-state index contributed by atoms with van der Waals surface area (Å²) in [5.41, 5.74) is 1.12. The van der Waals surface area contributed by atoms with Gasteiger partial charge in [-0.25, -0.2) is 4.52 Å². The number of aryl methyl sites for hydroxylation is 2. The van der Waals surface area contributed by atoms with Crippen LogP contribution in [0.25, 0.3) is 4.96 Å². The Bertz CT molecular complexity index is 527. The second kappa shape index (κ2) is 4.34. The first-order valence-corrected chi connectivity index (χ1v) is 6.22. The molecule has 0 saturated carbocycles. The van der Waals surface area contributed by atoms with Crippen molar-refractivity contribution >= 4 is 39.6 Å². The third-order valence-electron chi connectivity index (χ3n) is 2.21. The molecule has 0 aliphatic carbocycles. The van der Waals surface area contributed by atoms with E-state index in [9.17, 15) is 0 Å². The molecule has 2 aromatic rings. The molecule has 2 rings (SSSR count). The minimum atomic E-state index is 0.542. The van der Waals surface area contributed by atoms with E-state index in [-0.39, 0.29) is 0 Å². The predicted octanol–water partition coefficient (Wildman–Crippen LogP) is 1.71. The highest BCUT2D eigenvalue weighted by molar-refractivity contribution is 7.80. The monoisotopic (exact) mass is 255 g/mol. The molecule has 86 valence electrons. The van der Waals surface area contributed by atoms with Gasteiger partial charge < -0.3 is 5.32 Å². The maximum atomic E-state index is 5.06. The molecule has 2 heterocycles. The van der Waals surface area contributed by atoms with E-state index < -0.39 is 0 Å². The summed E-state index contributed by atoms with van der Waals surface area (Å²) in [6.45, 7) is 6.86. The summed E-state index contributed by atoms with van der Waals surface area (Å²) in [7, 11) is 0. The molecule has 0 atom stereocenters. The van der Waals surface area contributed by atoms with Crippen molar-refractivity contribution in [2.75, 3.05) is 11.9 Å². The topological polar surface area (TPSA) is 54.2 Å². The standard InChI is InChI=1S/C9H13N5S2/c1-4-10-8(15)11-7-12-9-14(13-7)5(2)6(3)16-9/h4H2,1-3H3,(H2,10,11,13,15). The molecule has 0 spiro atoms. The van der Waals surface area contributed by atoms with Crippen molar-refractivity contribution in [2.24, 2.45) is 0 Å². The number of fused-ring (bicyclic) bond motifs is 1. The van der Waals surface area contributed by atoms with E-state index in [4.69, 9.17) is 12.2 Å². The van der Waals surface area contributed by atoms with Gasteiger partial charge >= 0.3 is 0 Å². The van der Waals surface area contributed by atoms with Crippen LogP contribution in [0.15, 0.2) is 0 Å². The average Bonchev–Trinajstić information content (AvgIpc) is 2.69. The van der Waals surface area contributed by atoms with Crippen LogP contribution in [-0.4, -0.2) is 26.3 Å². The van der Waals surface area contributed by atoms with Gasteiger partial charge in [-0.3, -0.25) is 5.32 Å². The largest absolute Gasteiger partial charge is 0.363 e. The van der Waals surface area contributed by atoms with Crippen LogP contribution in [0.3, 0.4) is 0 Å². The number of thiazole rings is 1. The maximum absolute atomic E-state index is 5.06. The van der Waals surface area contributed by atoms with Gasteiger partial charge in [-0.1, -0.05) is 11.3 Å². The fourth-order valence-corrected chi connectivity index (χ4v) is 2.44. The zero-order chi connectivity index (χ0) is 11.7. The molecule has 0 aliphatic heterocycles. The fraction of sp³-hybridized carbons (Fsp3) is 0.444. The third-order valence-corrected chi connectivity index (χ3v) is 3.51. The second-order valence-corrected chi connectivity index (χ2v) is 4.95. The Hall–Kier alpha value is -1.21. The number of thiocarbonyl (C=S) groups is 1. The highest BCUT2D eigenvalue weighted by Gasteiger charge is 2.10. The maximum Gasteiger partial charge on any atom is 0.250 e. The van der Waals surface area contributed by atoms with Gasteiger partial charge in [0.25, 0.3) is 0 Å². The molecule has 0 saturated heterocycles. The van der Waals surface area contributed by atoms with Gasteiger partial charge in [0.05, 0.1) is 5.69 Å². The number of anilines is 1. The van der Waals surface area contributed by atoms with Gasteiger partial charge in [-0.05, 0) is 33.0 Å². The van der Waals surface area contributed by atoms with Gasteiger partial charge in [-0.15, -0.1) is 5.10 Å². The Morgan fingerprint density at radius 2 is 2.25 bits per heavy atom. The minimum Gasteiger partial charge on any atom is -0.363 e. The first-order valence-electron chi connectivity index (χ1n) is 4.99. The van der Waals surface area contributed by atoms with Crippen LogP contribution >= 0.6 is 23.6 Å². The molecule has 0 aromatic carbocycles. The number of nitrogens with one attached hydrogen (secondary N) is 2. The molecule has 16 heavy (non-hydrogen) atoms. The Labute approximate surface area is 103 Å². The van der Waals surface area contributed by atoms with E-state index in [2.05, 4.69) is 27.6 Å². The lowest BCUT2D eigenvalue weighted by Crippen LogP contribution is -2.28. The predicted molar refractivity (Wildman–Crippen MR) is 70.2 cm³/mol. The first kappa shape index (κ1) is 11.3. The Morgan fingerprint density at radius 3 is 2.88 bits per heavy atom. The molecule has 0 amide bonds. The normalized spacial score (nSPS) is 10.7. The molecule has 0 unspecified atom stereocenters. The van der Waals surface area contributed by atoms with E-state index in [0.29, 0.717) is 11.1 Å². The number of nitrogens with zero attached hydrogens (tertiary/aromatic N) is 3. The van der Waals surface area contributed by atoms with Crippen molar-refractivity contribution in [3.63, 3.8) is 0 Å². The van der Waals surface area contributed by atoms with Gasteiger partial charge in [-0.2, -0.15) is 4.98 Å². The van der Waals surface area contributed by atoms with Crippen LogP contribution in [0.2, 0.25) is 0 Å². The second-order valence-electron chi connectivity index (χ2n) is 3.36. The molecule has 7 heteroatoms. The van der Waals surface area contributed by atoms with E-state index in [1.54, 1.807) is 11.3 Å². The van der Waals surface area contributed by atoms with Gasteiger partial charge in [0.1, 0.15) is 0 Å². The molecule has 0 fully saturated rings. The summed E-state index contributed by atoms with van der Waals surface area (Å²) in [6, 6.07) is 0. The zero-order valence-electron chi connectivity index (χ0n) is 9.37. The first-order chi connectivity index (χ1) is 7.61. The highest BCUT2D eigenvalue weighted by Crippen LogP contribution is 2.20. The van der Waals surface area contributed by atoms with E-state index in [1.807, 2.05) is 18.4 Å². The molecule has 2 aromatic heterocycles. The lowest BCUT2D eigenvalue weighted by atomic mass is 10.4. The zero-order valence-corrected chi connectivity index (χ0v) is 11.0. The number of hydrogen-bond donors (Lipinski definition) is 2. The lowest BCUT2D eigenvalue weighted by molar-refractivity contribution is 0.925. The molecule has 0 bridgehead atoms. The molecule has 2 N–H and O–H groups in total. The Kier molecular flexibility index (Phi) is 3.06. The summed E-state index contributed by atoms with van der Waals surface area (Å²) >= 11 is 6.69. The van der Waals surface area contributed by atoms with Gasteiger partial charge in [0, 0.05) is 11.4 Å². The molecular weight excluding hydrogens is 242 g/mol. The van der Waals surface area contributed by atoms with Crippen molar-refractivity contribution in [2.45, 2.75) is 20.8 Å². The average molecular weight is 255 g/mol. The summed E-state index contributed by atoms with van der Waals surface area (Å²) < 4.78 is 1.83. The summed E-state index contributed by atoms with van der Waals surface area (Å²) in [4.78, 5) is 6.47. The van der Waals surface area contributed by atoms with E-state index in [1.165, 1.54) is 4.88 Å². The number of hydrogen-bond acceptors (Lipinski definition) is 4. The fourth-order valence-electron chi connectivity index (χ4n) is 1.30. The Morgan fingerprint density at radius 1 is 1.50 bits per heavy atom. The van der Waals surface area contributed by atoms with Crippen molar-refractivity contribution in [1.29, 1.82) is 0 Å². The van der Waals surface area contributed by atoms with E-state index >= 15 is 0 Å². The summed E-state index contributed by atoms with van der Waals surface area (Å²) in [6.07, 6.45) is 0. The molecule has 5 nitrogen and oxygen atoms in total. The molecule has 0 radical (unpaired) electrons. The molecule has 0 aliphatic rings. The molecular formula is C9H13N5S2. The van der Waals surface area contributed by atoms with Crippen LogP contribution in [0, 0.1) is 13.8 Å². The number of rotatable bonds is 2. The van der Waals surface area contributed by atoms with Gasteiger partial charge in [0.2, 0.25) is 10.9 Å². The van der Waals surface area contributed by atoms with Crippen molar-refractivity contribution in [3.05, 3.63) is 10.6 Å². The van der Waals surface area contributed by atoms with Crippen molar-refractivity contribution in [3.8, 4) is 0 Å². The van der Waals surface area contributed by atoms with Gasteiger partial charge in [0.15, 0.2) is 5.11 Å². The smallest absolute Gasteiger partial charge is 0.250 e. The van der Waals surface area contributed by atoms with Crippen LogP contribution < -0.4 is 10.6 Å². The third kappa shape index (κ3) is 2.00. The van der Waals surface area contributed by atoms with Crippen LogP contribution in [0.5, 0.6) is 0 Å². The lowest BCUT2D eigenvalue weighted by Gasteiger charge is -2.03. The van der Waals surface area contributed by atoms with Crippen LogP contribution in [0.4, 0.5) is 5.95 Å².